The Labute approximate surface area is 113 Å². The maximum atomic E-state index is 3.64. The summed E-state index contributed by atoms with van der Waals surface area (Å²) in [5, 5.41) is 3.55. The Hall–Kier alpha value is -0.780. The molecule has 0 heterocycles. The van der Waals surface area contributed by atoms with Crippen molar-refractivity contribution < 1.29 is 0 Å². The minimum Gasteiger partial charge on any atom is -0.309 e. The summed E-state index contributed by atoms with van der Waals surface area (Å²) >= 11 is 3.64. The van der Waals surface area contributed by atoms with E-state index >= 15 is 0 Å². The summed E-state index contributed by atoms with van der Waals surface area (Å²) in [6.45, 7) is 7.20. The molecule has 1 unspecified atom stereocenters. The zero-order valence-corrected chi connectivity index (χ0v) is 12.4. The molecule has 0 spiro atoms. The third kappa shape index (κ3) is 4.53. The van der Waals surface area contributed by atoms with Crippen molar-refractivity contribution in [3.05, 3.63) is 33.8 Å². The van der Waals surface area contributed by atoms with Crippen LogP contribution in [0.3, 0.4) is 0 Å². The maximum absolute atomic E-state index is 3.64. The first-order chi connectivity index (χ1) is 8.19. The number of benzene rings is 1. The van der Waals surface area contributed by atoms with Gasteiger partial charge in [-0.1, -0.05) is 35.0 Å². The number of hydrogen-bond acceptors (Lipinski definition) is 1. The number of halogens is 1. The molecule has 0 saturated heterocycles. The van der Waals surface area contributed by atoms with E-state index in [9.17, 15) is 0 Å². The van der Waals surface area contributed by atoms with Crippen molar-refractivity contribution in [2.24, 2.45) is 0 Å². The Bertz CT molecular complexity index is 415. The molecule has 0 fully saturated rings. The van der Waals surface area contributed by atoms with Gasteiger partial charge in [0, 0.05) is 16.9 Å². The van der Waals surface area contributed by atoms with Gasteiger partial charge in [0.25, 0.3) is 0 Å². The second-order valence-corrected chi connectivity index (χ2v) is 5.02. The fourth-order valence-electron chi connectivity index (χ4n) is 1.73. The SMILES string of the molecule is CC#CCC(NCCC)c1ccc(C)cc1Br. The van der Waals surface area contributed by atoms with Crippen LogP contribution in [0.25, 0.3) is 0 Å². The van der Waals surface area contributed by atoms with Crippen molar-refractivity contribution in [3.8, 4) is 11.8 Å². The Morgan fingerprint density at radius 2 is 2.18 bits per heavy atom. The molecule has 92 valence electrons. The van der Waals surface area contributed by atoms with Gasteiger partial charge in [0.05, 0.1) is 0 Å². The Morgan fingerprint density at radius 3 is 2.76 bits per heavy atom. The molecule has 17 heavy (non-hydrogen) atoms. The van der Waals surface area contributed by atoms with Gasteiger partial charge in [0.1, 0.15) is 0 Å². The molecule has 0 aromatic heterocycles. The molecule has 1 N–H and O–H groups in total. The van der Waals surface area contributed by atoms with Crippen LogP contribution in [0.4, 0.5) is 0 Å². The van der Waals surface area contributed by atoms with Crippen LogP contribution in [-0.2, 0) is 0 Å². The van der Waals surface area contributed by atoms with Crippen molar-refractivity contribution in [2.45, 2.75) is 39.7 Å². The largest absolute Gasteiger partial charge is 0.309 e. The van der Waals surface area contributed by atoms with Crippen LogP contribution in [0, 0.1) is 18.8 Å². The van der Waals surface area contributed by atoms with Crippen molar-refractivity contribution in [2.75, 3.05) is 6.54 Å². The Morgan fingerprint density at radius 1 is 1.41 bits per heavy atom. The van der Waals surface area contributed by atoms with Gasteiger partial charge in [-0.25, -0.2) is 0 Å². The zero-order chi connectivity index (χ0) is 12.7. The molecular weight excluding hydrogens is 274 g/mol. The Balaban J connectivity index is 2.89. The summed E-state index contributed by atoms with van der Waals surface area (Å²) in [5.74, 6) is 6.13. The van der Waals surface area contributed by atoms with Crippen molar-refractivity contribution >= 4 is 15.9 Å². The van der Waals surface area contributed by atoms with Crippen LogP contribution >= 0.6 is 15.9 Å². The summed E-state index contributed by atoms with van der Waals surface area (Å²) in [7, 11) is 0. The van der Waals surface area contributed by atoms with E-state index in [-0.39, 0.29) is 0 Å². The average Bonchev–Trinajstić information content (AvgIpc) is 2.30. The van der Waals surface area contributed by atoms with Gasteiger partial charge in [-0.3, -0.25) is 0 Å². The molecule has 0 aliphatic rings. The fourth-order valence-corrected chi connectivity index (χ4v) is 2.50. The van der Waals surface area contributed by atoms with E-state index in [2.05, 4.69) is 65.1 Å². The van der Waals surface area contributed by atoms with Crippen LogP contribution < -0.4 is 5.32 Å². The highest BCUT2D eigenvalue weighted by Crippen LogP contribution is 2.26. The number of hydrogen-bond donors (Lipinski definition) is 1. The predicted octanol–water partition coefficient (Wildman–Crippen LogP) is 4.21. The van der Waals surface area contributed by atoms with Gasteiger partial charge in [-0.2, -0.15) is 0 Å². The third-order valence-electron chi connectivity index (χ3n) is 2.66. The van der Waals surface area contributed by atoms with E-state index in [1.807, 2.05) is 6.92 Å². The van der Waals surface area contributed by atoms with Crippen LogP contribution in [0.2, 0.25) is 0 Å². The summed E-state index contributed by atoms with van der Waals surface area (Å²) < 4.78 is 1.17. The summed E-state index contributed by atoms with van der Waals surface area (Å²) in [6.07, 6.45) is 2.00. The molecule has 0 aliphatic heterocycles. The third-order valence-corrected chi connectivity index (χ3v) is 3.34. The van der Waals surface area contributed by atoms with E-state index in [4.69, 9.17) is 0 Å². The van der Waals surface area contributed by atoms with E-state index in [0.717, 1.165) is 19.4 Å². The maximum Gasteiger partial charge on any atom is 0.0442 e. The Kier molecular flexibility index (Phi) is 6.32. The normalized spacial score (nSPS) is 11.8. The smallest absolute Gasteiger partial charge is 0.0442 e. The van der Waals surface area contributed by atoms with Crippen LogP contribution in [0.1, 0.15) is 43.9 Å². The molecule has 1 nitrogen and oxygen atoms in total. The molecular formula is C15H20BrN. The molecule has 1 atom stereocenters. The summed E-state index contributed by atoms with van der Waals surface area (Å²) in [6, 6.07) is 6.82. The first-order valence-corrected chi connectivity index (χ1v) is 6.87. The standard InChI is InChI=1S/C15H20BrN/c1-4-6-7-15(17-10-5-2)13-9-8-12(3)11-14(13)16/h8-9,11,15,17H,5,7,10H2,1-3H3. The highest BCUT2D eigenvalue weighted by atomic mass is 79.9. The van der Waals surface area contributed by atoms with Crippen LogP contribution in [0.5, 0.6) is 0 Å². The molecule has 2 heteroatoms. The monoisotopic (exact) mass is 293 g/mol. The molecule has 1 rings (SSSR count). The highest BCUT2D eigenvalue weighted by Gasteiger charge is 2.12. The van der Waals surface area contributed by atoms with Crippen molar-refractivity contribution in [1.82, 2.24) is 5.32 Å². The lowest BCUT2D eigenvalue weighted by Gasteiger charge is -2.18. The fraction of sp³-hybridized carbons (Fsp3) is 0.467. The molecule has 1 aromatic carbocycles. The second-order valence-electron chi connectivity index (χ2n) is 4.16. The lowest BCUT2D eigenvalue weighted by molar-refractivity contribution is 0.540. The molecule has 0 bridgehead atoms. The topological polar surface area (TPSA) is 12.0 Å². The van der Waals surface area contributed by atoms with E-state index in [0.29, 0.717) is 6.04 Å². The van der Waals surface area contributed by atoms with Gasteiger partial charge in [-0.05, 0) is 44.0 Å². The van der Waals surface area contributed by atoms with E-state index < -0.39 is 0 Å². The van der Waals surface area contributed by atoms with Crippen molar-refractivity contribution in [3.63, 3.8) is 0 Å². The van der Waals surface area contributed by atoms with Gasteiger partial charge < -0.3 is 5.32 Å². The number of aryl methyl sites for hydroxylation is 1. The van der Waals surface area contributed by atoms with Gasteiger partial charge >= 0.3 is 0 Å². The van der Waals surface area contributed by atoms with Gasteiger partial charge in [0.2, 0.25) is 0 Å². The van der Waals surface area contributed by atoms with Crippen LogP contribution in [-0.4, -0.2) is 6.54 Å². The first kappa shape index (κ1) is 14.3. The number of rotatable bonds is 5. The molecule has 0 saturated carbocycles. The molecule has 1 aromatic rings. The predicted molar refractivity (Wildman–Crippen MR) is 78.0 cm³/mol. The van der Waals surface area contributed by atoms with Crippen molar-refractivity contribution in [1.29, 1.82) is 0 Å². The lowest BCUT2D eigenvalue weighted by Crippen LogP contribution is -2.22. The minimum absolute atomic E-state index is 0.317. The summed E-state index contributed by atoms with van der Waals surface area (Å²) in [4.78, 5) is 0. The molecule has 0 aliphatic carbocycles. The number of nitrogens with one attached hydrogen (secondary N) is 1. The quantitative estimate of drug-likeness (QED) is 0.802. The van der Waals surface area contributed by atoms with Crippen LogP contribution in [0.15, 0.2) is 22.7 Å². The highest BCUT2D eigenvalue weighted by molar-refractivity contribution is 9.10. The minimum atomic E-state index is 0.317. The average molecular weight is 294 g/mol. The van der Waals surface area contributed by atoms with Gasteiger partial charge in [0.15, 0.2) is 0 Å². The second kappa shape index (κ2) is 7.53. The first-order valence-electron chi connectivity index (χ1n) is 6.08. The lowest BCUT2D eigenvalue weighted by atomic mass is 10.0. The van der Waals surface area contributed by atoms with E-state index in [1.54, 1.807) is 0 Å². The zero-order valence-electron chi connectivity index (χ0n) is 10.8. The summed E-state index contributed by atoms with van der Waals surface area (Å²) in [5.41, 5.74) is 2.57. The van der Waals surface area contributed by atoms with E-state index in [1.165, 1.54) is 15.6 Å². The van der Waals surface area contributed by atoms with Gasteiger partial charge in [-0.15, -0.1) is 11.8 Å². The molecule has 0 amide bonds. The molecule has 0 radical (unpaired) electrons.